The summed E-state index contributed by atoms with van der Waals surface area (Å²) in [5.41, 5.74) is 2.34. The molecule has 0 heterocycles. The van der Waals surface area contributed by atoms with Crippen molar-refractivity contribution in [2.24, 2.45) is 0 Å². The van der Waals surface area contributed by atoms with Gasteiger partial charge in [-0.25, -0.2) is 8.42 Å². The highest BCUT2D eigenvalue weighted by Gasteiger charge is 2.19. The van der Waals surface area contributed by atoms with E-state index >= 15 is 0 Å². The molecule has 6 heteroatoms. The maximum absolute atomic E-state index is 12.6. The van der Waals surface area contributed by atoms with Crippen molar-refractivity contribution in [1.82, 2.24) is 0 Å². The zero-order valence-electron chi connectivity index (χ0n) is 14.3. The average molecular weight is 348 g/mol. The number of sulfonamides is 1. The first kappa shape index (κ1) is 18.1. The van der Waals surface area contributed by atoms with Crippen LogP contribution in [0.25, 0.3) is 0 Å². The second-order valence-corrected chi connectivity index (χ2v) is 7.27. The van der Waals surface area contributed by atoms with E-state index in [1.54, 1.807) is 24.3 Å². The van der Waals surface area contributed by atoms with Crippen LogP contribution < -0.4 is 14.8 Å². The topological polar surface area (TPSA) is 67.4 Å². The van der Waals surface area contributed by atoms with E-state index in [-0.39, 0.29) is 4.90 Å². The number of anilines is 2. The van der Waals surface area contributed by atoms with Crippen LogP contribution in [0, 0.1) is 6.92 Å². The molecule has 0 fully saturated rings. The summed E-state index contributed by atoms with van der Waals surface area (Å²) in [4.78, 5) is 0.134. The smallest absolute Gasteiger partial charge is 0.265 e. The Morgan fingerprint density at radius 2 is 1.71 bits per heavy atom. The lowest BCUT2D eigenvalue weighted by Crippen LogP contribution is -2.14. The molecule has 24 heavy (non-hydrogen) atoms. The van der Waals surface area contributed by atoms with Gasteiger partial charge in [0.25, 0.3) is 10.0 Å². The highest BCUT2D eigenvalue weighted by atomic mass is 32.2. The van der Waals surface area contributed by atoms with Crippen molar-refractivity contribution in [2.75, 3.05) is 23.7 Å². The Morgan fingerprint density at radius 3 is 2.33 bits per heavy atom. The van der Waals surface area contributed by atoms with Gasteiger partial charge >= 0.3 is 0 Å². The van der Waals surface area contributed by atoms with Crippen molar-refractivity contribution in [1.29, 1.82) is 0 Å². The molecule has 5 nitrogen and oxygen atoms in total. The first-order valence-electron chi connectivity index (χ1n) is 7.97. The lowest BCUT2D eigenvalue weighted by Gasteiger charge is -2.13. The molecule has 0 aliphatic heterocycles. The highest BCUT2D eigenvalue weighted by molar-refractivity contribution is 7.92. The second-order valence-electron chi connectivity index (χ2n) is 5.62. The van der Waals surface area contributed by atoms with Gasteiger partial charge in [-0.1, -0.05) is 19.4 Å². The van der Waals surface area contributed by atoms with Crippen LogP contribution in [0.15, 0.2) is 47.4 Å². The van der Waals surface area contributed by atoms with Crippen molar-refractivity contribution in [3.8, 4) is 5.75 Å². The van der Waals surface area contributed by atoms with Crippen LogP contribution in [0.4, 0.5) is 11.4 Å². The van der Waals surface area contributed by atoms with E-state index in [9.17, 15) is 8.42 Å². The van der Waals surface area contributed by atoms with Crippen LogP contribution in [-0.2, 0) is 10.0 Å². The number of aryl methyl sites for hydroxylation is 1. The standard InChI is InChI=1S/C18H24N2O3S/c1-4-5-12-19-15-7-9-16(10-8-15)20-24(21,22)18-13-14(2)6-11-17(18)23-3/h6-11,13,19-20H,4-5,12H2,1-3H3. The Morgan fingerprint density at radius 1 is 1.04 bits per heavy atom. The highest BCUT2D eigenvalue weighted by Crippen LogP contribution is 2.27. The van der Waals surface area contributed by atoms with Gasteiger partial charge in [-0.05, 0) is 55.3 Å². The normalized spacial score (nSPS) is 11.1. The Hall–Kier alpha value is -2.21. The Balaban J connectivity index is 2.16. The number of nitrogens with one attached hydrogen (secondary N) is 2. The summed E-state index contributed by atoms with van der Waals surface area (Å²) >= 11 is 0. The molecule has 0 aromatic heterocycles. The van der Waals surface area contributed by atoms with Crippen LogP contribution >= 0.6 is 0 Å². The lowest BCUT2D eigenvalue weighted by atomic mass is 10.2. The summed E-state index contributed by atoms with van der Waals surface area (Å²) in [6.07, 6.45) is 2.23. The number of hydrogen-bond acceptors (Lipinski definition) is 4. The maximum Gasteiger partial charge on any atom is 0.265 e. The molecule has 0 bridgehead atoms. The molecule has 2 aromatic rings. The first-order valence-corrected chi connectivity index (χ1v) is 9.46. The molecular formula is C18H24N2O3S. The molecular weight excluding hydrogens is 324 g/mol. The minimum atomic E-state index is -3.71. The van der Waals surface area contributed by atoms with Gasteiger partial charge in [0, 0.05) is 17.9 Å². The summed E-state index contributed by atoms with van der Waals surface area (Å²) in [5, 5.41) is 3.30. The number of rotatable bonds is 8. The summed E-state index contributed by atoms with van der Waals surface area (Å²) in [7, 11) is -2.25. The van der Waals surface area contributed by atoms with Gasteiger partial charge in [0.05, 0.1) is 7.11 Å². The Labute approximate surface area is 144 Å². The van der Waals surface area contributed by atoms with E-state index in [1.165, 1.54) is 7.11 Å². The Kier molecular flexibility index (Phi) is 6.09. The van der Waals surface area contributed by atoms with E-state index in [1.807, 2.05) is 25.1 Å². The first-order chi connectivity index (χ1) is 11.5. The lowest BCUT2D eigenvalue weighted by molar-refractivity contribution is 0.402. The van der Waals surface area contributed by atoms with Crippen molar-refractivity contribution >= 4 is 21.4 Å². The summed E-state index contributed by atoms with van der Waals surface area (Å²) in [6.45, 7) is 4.89. The van der Waals surface area contributed by atoms with Gasteiger partial charge in [-0.2, -0.15) is 0 Å². The van der Waals surface area contributed by atoms with Crippen LogP contribution in [0.3, 0.4) is 0 Å². The number of ether oxygens (including phenoxy) is 1. The van der Waals surface area contributed by atoms with Gasteiger partial charge in [-0.3, -0.25) is 4.72 Å². The molecule has 0 saturated carbocycles. The van der Waals surface area contributed by atoms with Crippen molar-refractivity contribution in [2.45, 2.75) is 31.6 Å². The van der Waals surface area contributed by atoms with Crippen LogP contribution in [-0.4, -0.2) is 22.1 Å². The molecule has 0 amide bonds. The summed E-state index contributed by atoms with van der Waals surface area (Å²) < 4.78 is 33.0. The van der Waals surface area contributed by atoms with Crippen molar-refractivity contribution in [3.05, 3.63) is 48.0 Å². The third-order valence-electron chi connectivity index (χ3n) is 3.61. The van der Waals surface area contributed by atoms with Crippen LogP contribution in [0.1, 0.15) is 25.3 Å². The largest absolute Gasteiger partial charge is 0.495 e. The number of benzene rings is 2. The number of hydrogen-bond donors (Lipinski definition) is 2. The molecule has 2 N–H and O–H groups in total. The fourth-order valence-corrected chi connectivity index (χ4v) is 3.58. The quantitative estimate of drug-likeness (QED) is 0.707. The molecule has 0 radical (unpaired) electrons. The Bertz CT molecular complexity index is 771. The SMILES string of the molecule is CCCCNc1ccc(NS(=O)(=O)c2cc(C)ccc2OC)cc1. The zero-order valence-corrected chi connectivity index (χ0v) is 15.1. The van der Waals surface area contributed by atoms with Crippen molar-refractivity contribution in [3.63, 3.8) is 0 Å². The van der Waals surface area contributed by atoms with Crippen LogP contribution in [0.2, 0.25) is 0 Å². The van der Waals surface area contributed by atoms with Gasteiger partial charge in [0.2, 0.25) is 0 Å². The number of methoxy groups -OCH3 is 1. The van der Waals surface area contributed by atoms with E-state index in [0.29, 0.717) is 11.4 Å². The van der Waals surface area contributed by atoms with E-state index in [2.05, 4.69) is 17.0 Å². The molecule has 0 spiro atoms. The predicted molar refractivity (Wildman–Crippen MR) is 98.4 cm³/mol. The van der Waals surface area contributed by atoms with Gasteiger partial charge in [0.1, 0.15) is 10.6 Å². The van der Waals surface area contributed by atoms with Crippen molar-refractivity contribution < 1.29 is 13.2 Å². The van der Waals surface area contributed by atoms with Gasteiger partial charge in [0.15, 0.2) is 0 Å². The molecule has 130 valence electrons. The number of unbranched alkanes of at least 4 members (excludes halogenated alkanes) is 1. The zero-order chi connectivity index (χ0) is 17.6. The van der Waals surface area contributed by atoms with E-state index in [0.717, 1.165) is 30.6 Å². The molecule has 0 atom stereocenters. The molecule has 0 saturated heterocycles. The molecule has 2 rings (SSSR count). The van der Waals surface area contributed by atoms with Gasteiger partial charge < -0.3 is 10.1 Å². The molecule has 0 aliphatic carbocycles. The van der Waals surface area contributed by atoms with Gasteiger partial charge in [-0.15, -0.1) is 0 Å². The fourth-order valence-electron chi connectivity index (χ4n) is 2.27. The second kappa shape index (κ2) is 8.06. The minimum Gasteiger partial charge on any atom is -0.495 e. The summed E-state index contributed by atoms with van der Waals surface area (Å²) in [6, 6.07) is 12.3. The molecule has 0 unspecified atom stereocenters. The summed E-state index contributed by atoms with van der Waals surface area (Å²) in [5.74, 6) is 0.325. The monoisotopic (exact) mass is 348 g/mol. The van der Waals surface area contributed by atoms with Crippen LogP contribution in [0.5, 0.6) is 5.75 Å². The molecule has 2 aromatic carbocycles. The predicted octanol–water partition coefficient (Wildman–Crippen LogP) is 4.02. The average Bonchev–Trinajstić information content (AvgIpc) is 2.56. The fraction of sp³-hybridized carbons (Fsp3) is 0.333. The van der Waals surface area contributed by atoms with E-state index in [4.69, 9.17) is 4.74 Å². The molecule has 0 aliphatic rings. The maximum atomic E-state index is 12.6. The minimum absolute atomic E-state index is 0.134. The van der Waals surface area contributed by atoms with E-state index < -0.39 is 10.0 Å². The third-order valence-corrected chi connectivity index (χ3v) is 5.01. The third kappa shape index (κ3) is 4.64.